The van der Waals surface area contributed by atoms with Crippen molar-refractivity contribution >= 4 is 59.3 Å². The van der Waals surface area contributed by atoms with Crippen LogP contribution in [0.4, 0.5) is 11.5 Å². The number of anilines is 2. The Hall–Kier alpha value is -0.460. The minimum atomic E-state index is 0.737. The van der Waals surface area contributed by atoms with Crippen LogP contribution in [0.15, 0.2) is 44.1 Å². The predicted molar refractivity (Wildman–Crippen MR) is 74.9 cm³/mol. The Bertz CT molecular complexity index is 516. The zero-order valence-electron chi connectivity index (χ0n) is 7.92. The van der Waals surface area contributed by atoms with Crippen LogP contribution in [0.1, 0.15) is 0 Å². The Morgan fingerprint density at radius 2 is 1.81 bits per heavy atom. The zero-order valence-corrected chi connectivity index (χ0v) is 12.7. The molecule has 16 heavy (non-hydrogen) atoms. The van der Waals surface area contributed by atoms with Crippen molar-refractivity contribution in [2.45, 2.75) is 0 Å². The van der Waals surface area contributed by atoms with E-state index in [1.165, 1.54) is 6.33 Å². The normalized spacial score (nSPS) is 10.2. The maximum Gasteiger partial charge on any atom is 0.134 e. The summed E-state index contributed by atoms with van der Waals surface area (Å²) in [7, 11) is 0. The lowest BCUT2D eigenvalue weighted by Crippen LogP contribution is -1.95. The minimum absolute atomic E-state index is 0.737. The Morgan fingerprint density at radius 3 is 2.56 bits per heavy atom. The standard InChI is InChI=1S/C10H6Br3N3/c11-6-1-2-7(12)8(3-6)16-10-4-9(13)14-5-15-10/h1-5H,(H,14,15,16). The number of benzene rings is 1. The highest BCUT2D eigenvalue weighted by Gasteiger charge is 2.02. The lowest BCUT2D eigenvalue weighted by atomic mass is 10.3. The lowest BCUT2D eigenvalue weighted by molar-refractivity contribution is 1.14. The summed E-state index contributed by atoms with van der Waals surface area (Å²) in [6, 6.07) is 7.71. The average molecular weight is 408 g/mol. The van der Waals surface area contributed by atoms with Gasteiger partial charge in [-0.05, 0) is 50.1 Å². The van der Waals surface area contributed by atoms with Crippen LogP contribution in [-0.4, -0.2) is 9.97 Å². The van der Waals surface area contributed by atoms with Crippen molar-refractivity contribution in [3.8, 4) is 0 Å². The molecule has 1 aromatic heterocycles. The van der Waals surface area contributed by atoms with Gasteiger partial charge in [0.25, 0.3) is 0 Å². The highest BCUT2D eigenvalue weighted by atomic mass is 79.9. The van der Waals surface area contributed by atoms with Gasteiger partial charge in [-0.25, -0.2) is 9.97 Å². The maximum atomic E-state index is 4.12. The van der Waals surface area contributed by atoms with Gasteiger partial charge in [0.15, 0.2) is 0 Å². The van der Waals surface area contributed by atoms with Crippen LogP contribution in [0, 0.1) is 0 Å². The molecule has 0 atom stereocenters. The quantitative estimate of drug-likeness (QED) is 0.744. The predicted octanol–water partition coefficient (Wildman–Crippen LogP) is 4.51. The zero-order chi connectivity index (χ0) is 11.5. The third-order valence-corrected chi connectivity index (χ3v) is 3.44. The van der Waals surface area contributed by atoms with Crippen molar-refractivity contribution < 1.29 is 0 Å². The third-order valence-electron chi connectivity index (χ3n) is 1.82. The molecule has 1 aromatic carbocycles. The van der Waals surface area contributed by atoms with Gasteiger partial charge in [-0.15, -0.1) is 0 Å². The molecule has 0 bridgehead atoms. The first-order valence-electron chi connectivity index (χ1n) is 4.35. The molecule has 6 heteroatoms. The van der Waals surface area contributed by atoms with Crippen molar-refractivity contribution in [2.75, 3.05) is 5.32 Å². The second kappa shape index (κ2) is 5.25. The first-order chi connectivity index (χ1) is 7.65. The topological polar surface area (TPSA) is 37.8 Å². The van der Waals surface area contributed by atoms with Crippen LogP contribution in [0.25, 0.3) is 0 Å². The van der Waals surface area contributed by atoms with E-state index in [2.05, 4.69) is 63.1 Å². The van der Waals surface area contributed by atoms with Gasteiger partial charge in [0, 0.05) is 15.0 Å². The van der Waals surface area contributed by atoms with E-state index >= 15 is 0 Å². The Kier molecular flexibility index (Phi) is 3.94. The van der Waals surface area contributed by atoms with Crippen LogP contribution < -0.4 is 5.32 Å². The van der Waals surface area contributed by atoms with Gasteiger partial charge in [0.2, 0.25) is 0 Å². The van der Waals surface area contributed by atoms with E-state index in [-0.39, 0.29) is 0 Å². The number of nitrogens with one attached hydrogen (secondary N) is 1. The maximum absolute atomic E-state index is 4.12. The molecule has 0 spiro atoms. The molecule has 0 aliphatic rings. The van der Waals surface area contributed by atoms with E-state index in [1.807, 2.05) is 24.3 Å². The fourth-order valence-electron chi connectivity index (χ4n) is 1.13. The molecule has 0 fully saturated rings. The highest BCUT2D eigenvalue weighted by molar-refractivity contribution is 9.11. The van der Waals surface area contributed by atoms with Gasteiger partial charge in [-0.1, -0.05) is 15.9 Å². The van der Waals surface area contributed by atoms with Crippen molar-refractivity contribution in [1.82, 2.24) is 9.97 Å². The molecule has 0 saturated carbocycles. The summed E-state index contributed by atoms with van der Waals surface area (Å²) in [5, 5.41) is 3.20. The van der Waals surface area contributed by atoms with E-state index in [9.17, 15) is 0 Å². The fourth-order valence-corrected chi connectivity index (χ4v) is 2.15. The van der Waals surface area contributed by atoms with E-state index in [0.29, 0.717) is 0 Å². The molecular weight excluding hydrogens is 402 g/mol. The SMILES string of the molecule is Brc1ccc(Br)c(Nc2cc(Br)ncn2)c1. The second-order valence-electron chi connectivity index (χ2n) is 2.98. The van der Waals surface area contributed by atoms with Crippen molar-refractivity contribution in [3.05, 3.63) is 44.1 Å². The highest BCUT2D eigenvalue weighted by Crippen LogP contribution is 2.28. The molecular formula is C10H6Br3N3. The van der Waals surface area contributed by atoms with E-state index < -0.39 is 0 Å². The molecule has 1 N–H and O–H groups in total. The Labute approximate surface area is 118 Å². The van der Waals surface area contributed by atoms with Gasteiger partial charge in [-0.2, -0.15) is 0 Å². The summed E-state index contributed by atoms with van der Waals surface area (Å²) in [4.78, 5) is 8.08. The third kappa shape index (κ3) is 3.02. The van der Waals surface area contributed by atoms with Gasteiger partial charge < -0.3 is 5.32 Å². The number of rotatable bonds is 2. The summed E-state index contributed by atoms with van der Waals surface area (Å²) in [5.74, 6) is 0.737. The van der Waals surface area contributed by atoms with Crippen LogP contribution in [0.2, 0.25) is 0 Å². The van der Waals surface area contributed by atoms with Gasteiger partial charge in [0.05, 0.1) is 5.69 Å². The summed E-state index contributed by atoms with van der Waals surface area (Å²) >= 11 is 10.2. The summed E-state index contributed by atoms with van der Waals surface area (Å²) in [6.07, 6.45) is 1.50. The molecule has 2 aromatic rings. The molecule has 82 valence electrons. The van der Waals surface area contributed by atoms with Crippen LogP contribution in [-0.2, 0) is 0 Å². The van der Waals surface area contributed by atoms with Crippen molar-refractivity contribution in [3.63, 3.8) is 0 Å². The first-order valence-corrected chi connectivity index (χ1v) is 6.72. The first kappa shape index (κ1) is 12.0. The van der Waals surface area contributed by atoms with E-state index in [0.717, 1.165) is 25.1 Å². The van der Waals surface area contributed by atoms with Crippen LogP contribution in [0.3, 0.4) is 0 Å². The smallest absolute Gasteiger partial charge is 0.134 e. The number of hydrogen-bond donors (Lipinski definition) is 1. The Morgan fingerprint density at radius 1 is 1.00 bits per heavy atom. The Balaban J connectivity index is 2.30. The van der Waals surface area contributed by atoms with E-state index in [1.54, 1.807) is 0 Å². The van der Waals surface area contributed by atoms with Gasteiger partial charge >= 0.3 is 0 Å². The number of hydrogen-bond acceptors (Lipinski definition) is 3. The van der Waals surface area contributed by atoms with Crippen molar-refractivity contribution in [2.24, 2.45) is 0 Å². The molecule has 2 rings (SSSR count). The molecule has 0 saturated heterocycles. The number of aromatic nitrogens is 2. The molecule has 3 nitrogen and oxygen atoms in total. The second-order valence-corrected chi connectivity index (χ2v) is 5.56. The lowest BCUT2D eigenvalue weighted by Gasteiger charge is -2.08. The molecule has 0 aliphatic heterocycles. The minimum Gasteiger partial charge on any atom is -0.339 e. The van der Waals surface area contributed by atoms with Gasteiger partial charge in [0.1, 0.15) is 16.7 Å². The van der Waals surface area contributed by atoms with Crippen LogP contribution in [0.5, 0.6) is 0 Å². The van der Waals surface area contributed by atoms with E-state index in [4.69, 9.17) is 0 Å². The molecule has 0 radical (unpaired) electrons. The molecule has 0 unspecified atom stereocenters. The molecule has 1 heterocycles. The monoisotopic (exact) mass is 405 g/mol. The van der Waals surface area contributed by atoms with Crippen molar-refractivity contribution in [1.29, 1.82) is 0 Å². The summed E-state index contributed by atoms with van der Waals surface area (Å²) in [5.41, 5.74) is 0.944. The summed E-state index contributed by atoms with van der Waals surface area (Å²) in [6.45, 7) is 0. The van der Waals surface area contributed by atoms with Crippen LogP contribution >= 0.6 is 47.8 Å². The average Bonchev–Trinajstić information content (AvgIpc) is 2.24. The largest absolute Gasteiger partial charge is 0.339 e. The van der Waals surface area contributed by atoms with Gasteiger partial charge in [-0.3, -0.25) is 0 Å². The fraction of sp³-hybridized carbons (Fsp3) is 0. The molecule has 0 amide bonds. The number of halogens is 3. The number of nitrogens with zero attached hydrogens (tertiary/aromatic N) is 2. The molecule has 0 aliphatic carbocycles. The summed E-state index contributed by atoms with van der Waals surface area (Å²) < 4.78 is 2.73.